The fourth-order valence-corrected chi connectivity index (χ4v) is 1.18. The van der Waals surface area contributed by atoms with Crippen LogP contribution in [0.3, 0.4) is 0 Å². The molecule has 1 unspecified atom stereocenters. The fraction of sp³-hybridized carbons (Fsp3) is 1.00. The summed E-state index contributed by atoms with van der Waals surface area (Å²) in [5, 5.41) is 0. The van der Waals surface area contributed by atoms with Gasteiger partial charge in [0.05, 0.1) is 12.7 Å². The Bertz CT molecular complexity index is 129. The van der Waals surface area contributed by atoms with Crippen molar-refractivity contribution in [1.29, 1.82) is 0 Å². The van der Waals surface area contributed by atoms with Gasteiger partial charge in [-0.2, -0.15) is 0 Å². The van der Waals surface area contributed by atoms with Gasteiger partial charge in [0.25, 0.3) is 0 Å². The van der Waals surface area contributed by atoms with E-state index in [2.05, 4.69) is 4.74 Å². The zero-order valence-corrected chi connectivity index (χ0v) is 6.56. The summed E-state index contributed by atoms with van der Waals surface area (Å²) < 4.78 is 43.1. The lowest BCUT2D eigenvalue weighted by Crippen LogP contribution is -2.17. The van der Waals surface area contributed by atoms with E-state index in [1.807, 2.05) is 0 Å². The van der Waals surface area contributed by atoms with Crippen LogP contribution in [0.15, 0.2) is 0 Å². The third kappa shape index (κ3) is 3.92. The van der Waals surface area contributed by atoms with Gasteiger partial charge in [-0.1, -0.05) is 0 Å². The zero-order valence-electron chi connectivity index (χ0n) is 6.56. The molecule has 5 heteroatoms. The predicted octanol–water partition coefficient (Wildman–Crippen LogP) is 2.09. The van der Waals surface area contributed by atoms with Gasteiger partial charge in [0.2, 0.25) is 0 Å². The maximum absolute atomic E-state index is 11.5. The van der Waals surface area contributed by atoms with Crippen LogP contribution in [0.25, 0.3) is 0 Å². The second-order valence-electron chi connectivity index (χ2n) is 2.72. The minimum atomic E-state index is -4.50. The van der Waals surface area contributed by atoms with Crippen molar-refractivity contribution in [2.45, 2.75) is 31.7 Å². The van der Waals surface area contributed by atoms with Gasteiger partial charge in [0.15, 0.2) is 0 Å². The van der Waals surface area contributed by atoms with E-state index in [-0.39, 0.29) is 12.7 Å². The Hall–Kier alpha value is -0.290. The van der Waals surface area contributed by atoms with Crippen molar-refractivity contribution in [1.82, 2.24) is 0 Å². The van der Waals surface area contributed by atoms with Crippen molar-refractivity contribution in [3.63, 3.8) is 0 Å². The summed E-state index contributed by atoms with van der Waals surface area (Å²) in [6, 6.07) is 0. The van der Waals surface area contributed by atoms with Crippen molar-refractivity contribution >= 4 is 0 Å². The van der Waals surface area contributed by atoms with Crippen molar-refractivity contribution < 1.29 is 22.6 Å². The predicted molar refractivity (Wildman–Crippen MR) is 35.6 cm³/mol. The molecule has 2 nitrogen and oxygen atoms in total. The largest absolute Gasteiger partial charge is 0.522 e. The Morgan fingerprint density at radius 2 is 2.17 bits per heavy atom. The molecular weight excluding hydrogens is 173 g/mol. The Morgan fingerprint density at radius 1 is 1.42 bits per heavy atom. The average Bonchev–Trinajstić information content (AvgIpc) is 2.36. The molecule has 0 aliphatic carbocycles. The smallest absolute Gasteiger partial charge is 0.378 e. The van der Waals surface area contributed by atoms with Crippen LogP contribution in [0, 0.1) is 0 Å². The lowest BCUT2D eigenvalue weighted by molar-refractivity contribution is -0.325. The van der Waals surface area contributed by atoms with Gasteiger partial charge < -0.3 is 4.74 Å². The number of hydrogen-bond donors (Lipinski definition) is 0. The van der Waals surface area contributed by atoms with E-state index in [1.54, 1.807) is 0 Å². The van der Waals surface area contributed by atoms with Crippen LogP contribution < -0.4 is 0 Å². The Kier molecular flexibility index (Phi) is 3.34. The van der Waals surface area contributed by atoms with Crippen molar-refractivity contribution in [3.05, 3.63) is 0 Å². The van der Waals surface area contributed by atoms with Gasteiger partial charge in [0.1, 0.15) is 0 Å². The van der Waals surface area contributed by atoms with Crippen molar-refractivity contribution in [3.8, 4) is 0 Å². The van der Waals surface area contributed by atoms with E-state index in [0.29, 0.717) is 13.0 Å². The highest BCUT2D eigenvalue weighted by atomic mass is 19.4. The third-order valence-corrected chi connectivity index (χ3v) is 1.73. The van der Waals surface area contributed by atoms with Gasteiger partial charge in [0, 0.05) is 6.61 Å². The topological polar surface area (TPSA) is 18.5 Å². The van der Waals surface area contributed by atoms with Crippen LogP contribution in [-0.4, -0.2) is 25.7 Å². The second kappa shape index (κ2) is 4.09. The van der Waals surface area contributed by atoms with Gasteiger partial charge >= 0.3 is 6.36 Å². The molecule has 0 N–H and O–H groups in total. The molecule has 0 spiro atoms. The summed E-state index contributed by atoms with van der Waals surface area (Å²) in [6.45, 7) is 0.366. The summed E-state index contributed by atoms with van der Waals surface area (Å²) in [5.41, 5.74) is 0. The van der Waals surface area contributed by atoms with Crippen LogP contribution in [-0.2, 0) is 9.47 Å². The number of hydrogen-bond acceptors (Lipinski definition) is 2. The van der Waals surface area contributed by atoms with Crippen LogP contribution >= 0.6 is 0 Å². The monoisotopic (exact) mass is 184 g/mol. The first-order valence-corrected chi connectivity index (χ1v) is 3.90. The lowest BCUT2D eigenvalue weighted by Gasteiger charge is -2.10. The number of rotatable bonds is 3. The summed E-state index contributed by atoms with van der Waals surface area (Å²) in [5.74, 6) is 0. The van der Waals surface area contributed by atoms with Crippen molar-refractivity contribution in [2.75, 3.05) is 13.2 Å². The van der Waals surface area contributed by atoms with E-state index >= 15 is 0 Å². The lowest BCUT2D eigenvalue weighted by atomic mass is 10.2. The summed E-state index contributed by atoms with van der Waals surface area (Å²) in [6.07, 6.45) is -2.41. The van der Waals surface area contributed by atoms with Crippen LogP contribution in [0.1, 0.15) is 19.3 Å². The van der Waals surface area contributed by atoms with Gasteiger partial charge in [-0.25, -0.2) is 0 Å². The molecule has 0 amide bonds. The molecule has 0 aromatic heterocycles. The Labute approximate surface area is 68.6 Å². The van der Waals surface area contributed by atoms with E-state index in [0.717, 1.165) is 12.8 Å². The molecule has 1 atom stereocenters. The maximum atomic E-state index is 11.5. The molecule has 1 aliphatic heterocycles. The first-order valence-electron chi connectivity index (χ1n) is 3.90. The van der Waals surface area contributed by atoms with Crippen LogP contribution in [0.4, 0.5) is 13.2 Å². The standard InChI is InChI=1S/C7H11F3O2/c8-7(9,10)12-5-3-6-2-1-4-11-6/h6H,1-5H2. The zero-order chi connectivity index (χ0) is 9.03. The molecule has 0 bridgehead atoms. The number of ether oxygens (including phenoxy) is 2. The number of alkyl halides is 3. The Balaban J connectivity index is 2.02. The molecule has 0 radical (unpaired) electrons. The first kappa shape index (κ1) is 9.80. The second-order valence-corrected chi connectivity index (χ2v) is 2.72. The van der Waals surface area contributed by atoms with Crippen molar-refractivity contribution in [2.24, 2.45) is 0 Å². The summed E-state index contributed by atoms with van der Waals surface area (Å²) >= 11 is 0. The maximum Gasteiger partial charge on any atom is 0.522 e. The van der Waals surface area contributed by atoms with E-state index in [9.17, 15) is 13.2 Å². The summed E-state index contributed by atoms with van der Waals surface area (Å²) in [4.78, 5) is 0. The molecule has 1 heterocycles. The van der Waals surface area contributed by atoms with Gasteiger partial charge in [-0.05, 0) is 19.3 Å². The molecular formula is C7H11F3O2. The fourth-order valence-electron chi connectivity index (χ4n) is 1.18. The van der Waals surface area contributed by atoms with E-state index in [1.165, 1.54) is 0 Å². The molecule has 0 aromatic carbocycles. The molecule has 12 heavy (non-hydrogen) atoms. The molecule has 0 saturated carbocycles. The van der Waals surface area contributed by atoms with E-state index in [4.69, 9.17) is 4.74 Å². The number of halogens is 3. The first-order chi connectivity index (χ1) is 5.58. The Morgan fingerprint density at radius 3 is 2.67 bits per heavy atom. The molecule has 1 saturated heterocycles. The molecule has 1 fully saturated rings. The third-order valence-electron chi connectivity index (χ3n) is 1.73. The minimum absolute atomic E-state index is 0.0349. The normalized spacial score (nSPS) is 24.8. The average molecular weight is 184 g/mol. The molecule has 1 aliphatic rings. The van der Waals surface area contributed by atoms with E-state index < -0.39 is 6.36 Å². The molecule has 0 aromatic rings. The molecule has 72 valence electrons. The van der Waals surface area contributed by atoms with Crippen LogP contribution in [0.5, 0.6) is 0 Å². The van der Waals surface area contributed by atoms with Gasteiger partial charge in [-0.3, -0.25) is 4.74 Å². The quantitative estimate of drug-likeness (QED) is 0.668. The summed E-state index contributed by atoms with van der Waals surface area (Å²) in [7, 11) is 0. The SMILES string of the molecule is FC(F)(F)OCCC1CCCO1. The highest BCUT2D eigenvalue weighted by molar-refractivity contribution is 4.63. The highest BCUT2D eigenvalue weighted by Crippen LogP contribution is 2.19. The minimum Gasteiger partial charge on any atom is -0.378 e. The van der Waals surface area contributed by atoms with Gasteiger partial charge in [-0.15, -0.1) is 13.2 Å². The van der Waals surface area contributed by atoms with Crippen LogP contribution in [0.2, 0.25) is 0 Å². The highest BCUT2D eigenvalue weighted by Gasteiger charge is 2.29. The molecule has 1 rings (SSSR count).